The van der Waals surface area contributed by atoms with Crippen molar-refractivity contribution in [3.8, 4) is 0 Å². The fourth-order valence-electron chi connectivity index (χ4n) is 3.17. The van der Waals surface area contributed by atoms with Gasteiger partial charge in [-0.3, -0.25) is 9.59 Å². The summed E-state index contributed by atoms with van der Waals surface area (Å²) in [4.78, 5) is 27.9. The van der Waals surface area contributed by atoms with Crippen LogP contribution in [0, 0.1) is 0 Å². The fraction of sp³-hybridized carbons (Fsp3) is 0.500. The summed E-state index contributed by atoms with van der Waals surface area (Å²) in [6.07, 6.45) is 1.49. The lowest BCUT2D eigenvalue weighted by molar-refractivity contribution is -0.154. The van der Waals surface area contributed by atoms with E-state index in [2.05, 4.69) is 0 Å². The number of carbonyl (C=O) groups is 2. The van der Waals surface area contributed by atoms with Crippen LogP contribution in [0.5, 0.6) is 0 Å². The minimum Gasteiger partial charge on any atom is -0.366 e. The van der Waals surface area contributed by atoms with E-state index < -0.39 is 0 Å². The Balaban J connectivity index is 1.72. The van der Waals surface area contributed by atoms with Gasteiger partial charge in [0.25, 0.3) is 5.91 Å². The van der Waals surface area contributed by atoms with Crippen molar-refractivity contribution < 1.29 is 14.3 Å². The minimum atomic E-state index is -0.0184. The Morgan fingerprint density at radius 2 is 2.09 bits per heavy atom. The van der Waals surface area contributed by atoms with Crippen LogP contribution < -0.4 is 0 Å². The zero-order valence-electron chi connectivity index (χ0n) is 12.5. The third-order valence-electron chi connectivity index (χ3n) is 4.48. The van der Waals surface area contributed by atoms with Gasteiger partial charge >= 0.3 is 0 Å². The first kappa shape index (κ1) is 15.3. The van der Waals surface area contributed by atoms with Crippen molar-refractivity contribution in [1.29, 1.82) is 0 Å². The Morgan fingerprint density at radius 3 is 2.86 bits per heavy atom. The van der Waals surface area contributed by atoms with Crippen molar-refractivity contribution in [1.82, 2.24) is 9.80 Å². The molecule has 1 aromatic rings. The number of hydrogen-bond acceptors (Lipinski definition) is 3. The van der Waals surface area contributed by atoms with Crippen molar-refractivity contribution in [3.05, 3.63) is 34.9 Å². The summed E-state index contributed by atoms with van der Waals surface area (Å²) in [7, 11) is 1.82. The van der Waals surface area contributed by atoms with Gasteiger partial charge in [0.2, 0.25) is 5.91 Å². The summed E-state index contributed by atoms with van der Waals surface area (Å²) in [5.74, 6) is -0.00834. The molecule has 2 saturated heterocycles. The molecule has 0 unspecified atom stereocenters. The van der Waals surface area contributed by atoms with Crippen LogP contribution in [0.15, 0.2) is 24.3 Å². The molecule has 2 heterocycles. The van der Waals surface area contributed by atoms with Crippen LogP contribution in [0.2, 0.25) is 5.02 Å². The highest BCUT2D eigenvalue weighted by Gasteiger charge is 2.37. The molecule has 6 heteroatoms. The molecule has 0 radical (unpaired) electrons. The number of hydrogen-bond donors (Lipinski definition) is 0. The van der Waals surface area contributed by atoms with E-state index >= 15 is 0 Å². The molecular formula is C16H19ClN2O3. The Hall–Kier alpha value is -1.59. The van der Waals surface area contributed by atoms with Gasteiger partial charge in [0.15, 0.2) is 0 Å². The van der Waals surface area contributed by atoms with Crippen LogP contribution in [0.1, 0.15) is 23.2 Å². The number of rotatable bonds is 1. The number of carbonyl (C=O) groups excluding carboxylic acids is 2. The van der Waals surface area contributed by atoms with Crippen LogP contribution in [-0.4, -0.2) is 60.5 Å². The maximum atomic E-state index is 12.6. The number of ether oxygens (including phenoxy) is 1. The van der Waals surface area contributed by atoms with Crippen LogP contribution in [0.4, 0.5) is 0 Å². The topological polar surface area (TPSA) is 49.9 Å². The lowest BCUT2D eigenvalue weighted by Crippen LogP contribution is -2.52. The van der Waals surface area contributed by atoms with Crippen LogP contribution >= 0.6 is 11.6 Å². The number of morpholine rings is 1. The smallest absolute Gasteiger partial charge is 0.253 e. The summed E-state index contributed by atoms with van der Waals surface area (Å²) in [5, 5.41) is 0.558. The van der Waals surface area contributed by atoms with Crippen LogP contribution in [-0.2, 0) is 9.53 Å². The molecule has 0 spiro atoms. The Kier molecular flexibility index (Phi) is 4.36. The molecule has 0 bridgehead atoms. The lowest BCUT2D eigenvalue weighted by Gasteiger charge is -2.37. The van der Waals surface area contributed by atoms with Crippen molar-refractivity contribution in [2.24, 2.45) is 0 Å². The maximum absolute atomic E-state index is 12.6. The van der Waals surface area contributed by atoms with Gasteiger partial charge in [-0.25, -0.2) is 0 Å². The molecule has 2 atom stereocenters. The van der Waals surface area contributed by atoms with E-state index in [1.165, 1.54) is 0 Å². The number of likely N-dealkylation sites (N-methyl/N-ethyl adjacent to an activating group) is 1. The third-order valence-corrected chi connectivity index (χ3v) is 4.71. The molecule has 22 heavy (non-hydrogen) atoms. The lowest BCUT2D eigenvalue weighted by atomic mass is 10.0. The molecule has 2 fully saturated rings. The normalized spacial score (nSPS) is 25.6. The van der Waals surface area contributed by atoms with Gasteiger partial charge in [0.1, 0.15) is 6.61 Å². The molecule has 0 aliphatic carbocycles. The van der Waals surface area contributed by atoms with Crippen LogP contribution in [0.3, 0.4) is 0 Å². The van der Waals surface area contributed by atoms with Crippen molar-refractivity contribution in [2.45, 2.75) is 25.0 Å². The molecule has 118 valence electrons. The van der Waals surface area contributed by atoms with E-state index in [0.29, 0.717) is 23.7 Å². The Morgan fingerprint density at radius 1 is 1.32 bits per heavy atom. The number of nitrogens with zero attached hydrogens (tertiary/aromatic N) is 2. The zero-order chi connectivity index (χ0) is 15.7. The number of amides is 2. The van der Waals surface area contributed by atoms with Gasteiger partial charge in [-0.1, -0.05) is 17.7 Å². The minimum absolute atomic E-state index is 0.0101. The van der Waals surface area contributed by atoms with Crippen molar-refractivity contribution in [2.75, 3.05) is 26.7 Å². The van der Waals surface area contributed by atoms with E-state index in [1.54, 1.807) is 29.2 Å². The van der Waals surface area contributed by atoms with Gasteiger partial charge in [0.05, 0.1) is 12.1 Å². The second-order valence-electron chi connectivity index (χ2n) is 5.80. The highest BCUT2D eigenvalue weighted by Crippen LogP contribution is 2.24. The number of fused-ring (bicyclic) bond motifs is 1. The van der Waals surface area contributed by atoms with E-state index in [4.69, 9.17) is 16.3 Å². The van der Waals surface area contributed by atoms with Gasteiger partial charge < -0.3 is 14.5 Å². The number of likely N-dealkylation sites (tertiary alicyclic amines) is 1. The Bertz CT molecular complexity index is 593. The second-order valence-corrected chi connectivity index (χ2v) is 6.24. The summed E-state index contributed by atoms with van der Waals surface area (Å²) in [6, 6.07) is 7.05. The molecule has 2 aliphatic rings. The first-order valence-corrected chi connectivity index (χ1v) is 7.86. The maximum Gasteiger partial charge on any atom is 0.253 e. The first-order valence-electron chi connectivity index (χ1n) is 7.48. The average Bonchev–Trinajstić information content (AvgIpc) is 2.73. The summed E-state index contributed by atoms with van der Waals surface area (Å²) in [5.41, 5.74) is 0.600. The van der Waals surface area contributed by atoms with E-state index in [1.807, 2.05) is 11.9 Å². The standard InChI is InChI=1S/C16H19ClN2O3/c1-18-13-5-7-19(8-6-14(13)22-10-15(18)20)16(21)11-3-2-4-12(17)9-11/h2-4,9,13-14H,5-8,10H2,1H3/t13-,14-/m0/s1. The molecule has 2 amide bonds. The molecule has 0 saturated carbocycles. The number of halogens is 1. The van der Waals surface area contributed by atoms with Crippen molar-refractivity contribution in [3.63, 3.8) is 0 Å². The molecule has 0 N–H and O–H groups in total. The second kappa shape index (κ2) is 6.26. The quantitative estimate of drug-likeness (QED) is 0.792. The van der Waals surface area contributed by atoms with Gasteiger partial charge in [-0.15, -0.1) is 0 Å². The summed E-state index contributed by atoms with van der Waals surface area (Å²) >= 11 is 5.96. The predicted octanol–water partition coefficient (Wildman–Crippen LogP) is 1.80. The van der Waals surface area contributed by atoms with E-state index in [-0.39, 0.29) is 30.6 Å². The highest BCUT2D eigenvalue weighted by atomic mass is 35.5. The summed E-state index contributed by atoms with van der Waals surface area (Å²) in [6.45, 7) is 1.39. The molecular weight excluding hydrogens is 304 g/mol. The largest absolute Gasteiger partial charge is 0.366 e. The monoisotopic (exact) mass is 322 g/mol. The number of benzene rings is 1. The molecule has 0 aromatic heterocycles. The van der Waals surface area contributed by atoms with Crippen LogP contribution in [0.25, 0.3) is 0 Å². The van der Waals surface area contributed by atoms with Gasteiger partial charge in [-0.05, 0) is 31.0 Å². The highest BCUT2D eigenvalue weighted by molar-refractivity contribution is 6.30. The predicted molar refractivity (Wildman–Crippen MR) is 82.9 cm³/mol. The van der Waals surface area contributed by atoms with Gasteiger partial charge in [0, 0.05) is 30.7 Å². The SMILES string of the molecule is CN1C(=O)CO[C@H]2CCN(C(=O)c3cccc(Cl)c3)CC[C@@H]21. The third kappa shape index (κ3) is 2.96. The molecule has 3 rings (SSSR count). The average molecular weight is 323 g/mol. The molecule has 1 aromatic carbocycles. The molecule has 2 aliphatic heterocycles. The van der Waals surface area contributed by atoms with E-state index in [0.717, 1.165) is 12.8 Å². The Labute approximate surface area is 134 Å². The fourth-order valence-corrected chi connectivity index (χ4v) is 3.36. The zero-order valence-corrected chi connectivity index (χ0v) is 13.3. The first-order chi connectivity index (χ1) is 10.6. The van der Waals surface area contributed by atoms with E-state index in [9.17, 15) is 9.59 Å². The van der Waals surface area contributed by atoms with Gasteiger partial charge in [-0.2, -0.15) is 0 Å². The van der Waals surface area contributed by atoms with Crippen molar-refractivity contribution >= 4 is 23.4 Å². The summed E-state index contributed by atoms with van der Waals surface area (Å²) < 4.78 is 5.65. The molecule has 5 nitrogen and oxygen atoms in total.